The molecule has 0 atom stereocenters. The molecule has 0 heterocycles. The zero-order valence-electron chi connectivity index (χ0n) is 10.2. The maximum atomic E-state index is 3.17. The van der Waals surface area contributed by atoms with E-state index in [4.69, 9.17) is 0 Å². The first-order valence-electron chi connectivity index (χ1n) is 5.54. The summed E-state index contributed by atoms with van der Waals surface area (Å²) in [6, 6.07) is 0. The van der Waals surface area contributed by atoms with E-state index in [2.05, 4.69) is 47.9 Å². The number of rotatable bonds is 2. The van der Waals surface area contributed by atoms with Gasteiger partial charge in [-0.15, -0.1) is 0 Å². The molecule has 0 aliphatic heterocycles. The smallest absolute Gasteiger partial charge is 0.0337 e. The van der Waals surface area contributed by atoms with Crippen LogP contribution in [0.4, 0.5) is 0 Å². The number of nitrogens with one attached hydrogen (secondary N) is 2. The van der Waals surface area contributed by atoms with E-state index >= 15 is 0 Å². The number of likely N-dealkylation sites (N-methyl/N-ethyl adjacent to an activating group) is 2. The normalized spacial score (nSPS) is 30.6. The zero-order chi connectivity index (χ0) is 11.8. The van der Waals surface area contributed by atoms with Gasteiger partial charge in [-0.1, -0.05) is 23.8 Å². The summed E-state index contributed by atoms with van der Waals surface area (Å²) in [5.41, 5.74) is 3.58. The van der Waals surface area contributed by atoms with Gasteiger partial charge in [0.1, 0.15) is 0 Å². The maximum Gasteiger partial charge on any atom is 0.0337 e. The molecule has 0 fully saturated rings. The van der Waals surface area contributed by atoms with Crippen molar-refractivity contribution in [2.45, 2.75) is 13.3 Å². The second-order valence-corrected chi connectivity index (χ2v) is 3.73. The standard InChI is InChI=1S/C14H20N2/c1-12-7-6-10-13(15-2)8-4-5-9-14(11-12)16-3/h4-6,8-11,15-16H,7H2,1-3H3/b5-4+,10-6-,12-11+,13-8+,14-9+. The van der Waals surface area contributed by atoms with Crippen LogP contribution >= 0.6 is 0 Å². The van der Waals surface area contributed by atoms with Gasteiger partial charge in [-0.2, -0.15) is 0 Å². The molecule has 1 rings (SSSR count). The summed E-state index contributed by atoms with van der Waals surface area (Å²) >= 11 is 0. The molecule has 2 nitrogen and oxygen atoms in total. The molecule has 0 bridgehead atoms. The largest absolute Gasteiger partial charge is 0.388 e. The highest BCUT2D eigenvalue weighted by atomic mass is 14.8. The lowest BCUT2D eigenvalue weighted by Crippen LogP contribution is -2.03. The van der Waals surface area contributed by atoms with Crippen LogP contribution in [0.2, 0.25) is 0 Å². The predicted octanol–water partition coefficient (Wildman–Crippen LogP) is 2.66. The molecule has 0 aromatic carbocycles. The average molecular weight is 216 g/mol. The monoisotopic (exact) mass is 216 g/mol. The van der Waals surface area contributed by atoms with Gasteiger partial charge >= 0.3 is 0 Å². The Labute approximate surface area is 98.1 Å². The van der Waals surface area contributed by atoms with Gasteiger partial charge in [0.15, 0.2) is 0 Å². The minimum atomic E-state index is 0.970. The fourth-order valence-corrected chi connectivity index (χ4v) is 1.44. The number of hydrogen-bond acceptors (Lipinski definition) is 2. The molecule has 0 aromatic rings. The lowest BCUT2D eigenvalue weighted by molar-refractivity contribution is 1.02. The summed E-state index contributed by atoms with van der Waals surface area (Å²) in [7, 11) is 3.87. The third-order valence-corrected chi connectivity index (χ3v) is 2.38. The van der Waals surface area contributed by atoms with E-state index in [1.54, 1.807) is 0 Å². The summed E-state index contributed by atoms with van der Waals surface area (Å²) < 4.78 is 0. The molecule has 86 valence electrons. The molecule has 0 spiro atoms. The van der Waals surface area contributed by atoms with Crippen molar-refractivity contribution in [3.63, 3.8) is 0 Å². The van der Waals surface area contributed by atoms with Crippen LogP contribution in [0.25, 0.3) is 0 Å². The molecule has 0 saturated heterocycles. The van der Waals surface area contributed by atoms with Crippen LogP contribution in [0.1, 0.15) is 13.3 Å². The maximum absolute atomic E-state index is 3.17. The fraction of sp³-hybridized carbons (Fsp3) is 0.286. The zero-order valence-corrected chi connectivity index (χ0v) is 10.2. The Bertz CT molecular complexity index is 368. The van der Waals surface area contributed by atoms with E-state index in [1.165, 1.54) is 5.57 Å². The van der Waals surface area contributed by atoms with Crippen molar-refractivity contribution >= 4 is 0 Å². The first-order chi connectivity index (χ1) is 7.76. The second-order valence-electron chi connectivity index (χ2n) is 3.73. The molecule has 2 heteroatoms. The van der Waals surface area contributed by atoms with E-state index < -0.39 is 0 Å². The van der Waals surface area contributed by atoms with Crippen molar-refractivity contribution in [3.8, 4) is 0 Å². The molecule has 2 N–H and O–H groups in total. The van der Waals surface area contributed by atoms with Crippen molar-refractivity contribution in [3.05, 3.63) is 59.5 Å². The summed E-state index contributed by atoms with van der Waals surface area (Å²) in [6.45, 7) is 2.14. The van der Waals surface area contributed by atoms with Crippen LogP contribution in [-0.2, 0) is 0 Å². The Kier molecular flexibility index (Phi) is 5.20. The Morgan fingerprint density at radius 3 is 2.25 bits per heavy atom. The minimum absolute atomic E-state index is 0.970. The summed E-state index contributed by atoms with van der Waals surface area (Å²) in [6.07, 6.45) is 15.6. The first-order valence-corrected chi connectivity index (χ1v) is 5.54. The van der Waals surface area contributed by atoms with Crippen molar-refractivity contribution < 1.29 is 0 Å². The lowest BCUT2D eigenvalue weighted by atomic mass is 10.1. The molecule has 16 heavy (non-hydrogen) atoms. The van der Waals surface area contributed by atoms with E-state index in [0.717, 1.165) is 17.8 Å². The molecule has 0 radical (unpaired) electrons. The van der Waals surface area contributed by atoms with Crippen LogP contribution < -0.4 is 10.6 Å². The molecular formula is C14H20N2. The molecule has 0 saturated carbocycles. The Balaban J connectivity index is 2.97. The molecule has 1 aliphatic rings. The van der Waals surface area contributed by atoms with Gasteiger partial charge in [0.25, 0.3) is 0 Å². The van der Waals surface area contributed by atoms with Gasteiger partial charge in [-0.3, -0.25) is 0 Å². The summed E-state index contributed by atoms with van der Waals surface area (Å²) in [5.74, 6) is 0. The Hall–Kier alpha value is -1.70. The van der Waals surface area contributed by atoms with Crippen molar-refractivity contribution in [2.24, 2.45) is 0 Å². The number of allylic oxidation sites excluding steroid dienone is 8. The first kappa shape index (κ1) is 12.4. The Morgan fingerprint density at radius 1 is 1.00 bits per heavy atom. The summed E-state index contributed by atoms with van der Waals surface area (Å²) in [5, 5.41) is 6.32. The van der Waals surface area contributed by atoms with Gasteiger partial charge in [0.05, 0.1) is 0 Å². The topological polar surface area (TPSA) is 24.1 Å². The van der Waals surface area contributed by atoms with Crippen molar-refractivity contribution in [1.29, 1.82) is 0 Å². The van der Waals surface area contributed by atoms with Crippen molar-refractivity contribution in [2.75, 3.05) is 14.1 Å². The fourth-order valence-electron chi connectivity index (χ4n) is 1.44. The van der Waals surface area contributed by atoms with E-state index in [0.29, 0.717) is 0 Å². The molecule has 0 aromatic heterocycles. The third kappa shape index (κ3) is 4.22. The molecule has 0 unspecified atom stereocenters. The highest BCUT2D eigenvalue weighted by molar-refractivity contribution is 5.31. The van der Waals surface area contributed by atoms with Crippen molar-refractivity contribution in [1.82, 2.24) is 10.6 Å². The van der Waals surface area contributed by atoms with Gasteiger partial charge in [-0.25, -0.2) is 0 Å². The van der Waals surface area contributed by atoms with Crippen LogP contribution in [0.15, 0.2) is 59.5 Å². The Morgan fingerprint density at radius 2 is 1.62 bits per heavy atom. The average Bonchev–Trinajstić information content (AvgIpc) is 2.33. The SMILES string of the molecule is CNC1=C/C=C/C=C(NC)\C=C(/C)C/C=C\1. The lowest BCUT2D eigenvalue weighted by Gasteiger charge is -2.01. The highest BCUT2D eigenvalue weighted by Crippen LogP contribution is 2.07. The van der Waals surface area contributed by atoms with E-state index in [-0.39, 0.29) is 0 Å². The van der Waals surface area contributed by atoms with E-state index in [9.17, 15) is 0 Å². The van der Waals surface area contributed by atoms with Crippen LogP contribution in [0, 0.1) is 0 Å². The number of hydrogen-bond donors (Lipinski definition) is 2. The molecule has 1 aliphatic carbocycles. The van der Waals surface area contributed by atoms with Gasteiger partial charge < -0.3 is 10.6 Å². The molecular weight excluding hydrogens is 196 g/mol. The van der Waals surface area contributed by atoms with Gasteiger partial charge in [0, 0.05) is 25.5 Å². The third-order valence-electron chi connectivity index (χ3n) is 2.38. The minimum Gasteiger partial charge on any atom is -0.388 e. The van der Waals surface area contributed by atoms with Gasteiger partial charge in [-0.05, 0) is 37.6 Å². The molecule has 0 amide bonds. The second kappa shape index (κ2) is 6.72. The van der Waals surface area contributed by atoms with E-state index in [1.807, 2.05) is 26.2 Å². The predicted molar refractivity (Wildman–Crippen MR) is 70.9 cm³/mol. The van der Waals surface area contributed by atoms with Crippen LogP contribution in [-0.4, -0.2) is 14.1 Å². The van der Waals surface area contributed by atoms with Crippen LogP contribution in [0.3, 0.4) is 0 Å². The van der Waals surface area contributed by atoms with Gasteiger partial charge in [0.2, 0.25) is 0 Å². The summed E-state index contributed by atoms with van der Waals surface area (Å²) in [4.78, 5) is 0. The highest BCUT2D eigenvalue weighted by Gasteiger charge is 1.92. The quantitative estimate of drug-likeness (QED) is 0.741. The van der Waals surface area contributed by atoms with Crippen LogP contribution in [0.5, 0.6) is 0 Å².